The molecule has 0 aromatic heterocycles. The molecule has 5 heteroatoms. The third kappa shape index (κ3) is 4.41. The quantitative estimate of drug-likeness (QED) is 0.279. The van der Waals surface area contributed by atoms with Gasteiger partial charge in [0.2, 0.25) is 0 Å². The molecular weight excluding hydrogens is 408 g/mol. The standard InChI is InChI=1S/C25H22O3.ClH.Mg/c1-25(2,3)24(27)28-21-15-13-17-9-5-7-11-19(17)23(21)22-18-10-6-4-8-16(18)12-14-20(22)26;;/h4-15,26H,1-3H3;1H;/q;;+2/p-2. The molecule has 30 heavy (non-hydrogen) atoms. The molecule has 0 saturated heterocycles. The third-order valence-corrected chi connectivity index (χ3v) is 4.85. The van der Waals surface area contributed by atoms with E-state index in [1.165, 1.54) is 0 Å². The molecule has 0 aliphatic heterocycles. The summed E-state index contributed by atoms with van der Waals surface area (Å²) in [7, 11) is 0. The third-order valence-electron chi connectivity index (χ3n) is 4.85. The maximum atomic E-state index is 13.0. The van der Waals surface area contributed by atoms with Gasteiger partial charge in [0.25, 0.3) is 0 Å². The van der Waals surface area contributed by atoms with Crippen LogP contribution in [0.25, 0.3) is 32.7 Å². The SMILES string of the molecule is CC(C)(C)C(=O)Oc1ccc2ccccc2c1-c1c([O-])ccc2ccccc12.[Cl-].[Mg+2]. The van der Waals surface area contributed by atoms with E-state index in [9.17, 15) is 9.90 Å². The number of esters is 1. The number of halogens is 1. The van der Waals surface area contributed by atoms with Gasteiger partial charge in [0.1, 0.15) is 5.75 Å². The Morgan fingerprint density at radius 1 is 0.767 bits per heavy atom. The Hall–Kier alpha value is -2.27. The van der Waals surface area contributed by atoms with Crippen LogP contribution in [0.15, 0.2) is 72.8 Å². The molecule has 0 fully saturated rings. The van der Waals surface area contributed by atoms with E-state index in [-0.39, 0.29) is 47.2 Å². The van der Waals surface area contributed by atoms with Gasteiger partial charge in [0, 0.05) is 5.56 Å². The predicted octanol–water partition coefficient (Wildman–Crippen LogP) is 2.31. The van der Waals surface area contributed by atoms with Gasteiger partial charge in [0.15, 0.2) is 0 Å². The van der Waals surface area contributed by atoms with E-state index >= 15 is 0 Å². The van der Waals surface area contributed by atoms with Gasteiger partial charge in [-0.15, -0.1) is 5.75 Å². The van der Waals surface area contributed by atoms with E-state index in [0.29, 0.717) is 16.9 Å². The van der Waals surface area contributed by atoms with Crippen molar-refractivity contribution in [2.24, 2.45) is 5.41 Å². The van der Waals surface area contributed by atoms with Crippen LogP contribution < -0.4 is 22.3 Å². The Labute approximate surface area is 198 Å². The van der Waals surface area contributed by atoms with Gasteiger partial charge in [-0.3, -0.25) is 4.79 Å². The van der Waals surface area contributed by atoms with E-state index in [1.807, 2.05) is 81.4 Å². The van der Waals surface area contributed by atoms with Crippen LogP contribution in [0, 0.1) is 5.41 Å². The van der Waals surface area contributed by atoms with Gasteiger partial charge >= 0.3 is 29.0 Å². The summed E-state index contributed by atoms with van der Waals surface area (Å²) in [5, 5.41) is 16.7. The van der Waals surface area contributed by atoms with Crippen LogP contribution in [0.3, 0.4) is 0 Å². The summed E-state index contributed by atoms with van der Waals surface area (Å²) < 4.78 is 5.80. The zero-order valence-electron chi connectivity index (χ0n) is 17.2. The maximum absolute atomic E-state index is 13.0. The van der Waals surface area contributed by atoms with E-state index in [1.54, 1.807) is 12.1 Å². The number of benzene rings is 4. The molecule has 0 amide bonds. The molecule has 4 aromatic carbocycles. The maximum Gasteiger partial charge on any atom is 2.00 e. The molecule has 0 unspecified atom stereocenters. The first-order valence-corrected chi connectivity index (χ1v) is 9.29. The molecular formula is C25H21ClMgO3. The predicted molar refractivity (Wildman–Crippen MR) is 117 cm³/mol. The number of fused-ring (bicyclic) bond motifs is 2. The molecule has 0 aliphatic rings. The zero-order chi connectivity index (χ0) is 19.9. The summed E-state index contributed by atoms with van der Waals surface area (Å²) in [6, 6.07) is 22.7. The summed E-state index contributed by atoms with van der Waals surface area (Å²) in [5.74, 6) is -0.0214. The smallest absolute Gasteiger partial charge is 1.00 e. The van der Waals surface area contributed by atoms with Crippen LogP contribution >= 0.6 is 0 Å². The van der Waals surface area contributed by atoms with Gasteiger partial charge in [-0.2, -0.15) is 0 Å². The Morgan fingerprint density at radius 3 is 1.83 bits per heavy atom. The van der Waals surface area contributed by atoms with E-state index in [2.05, 4.69) is 0 Å². The summed E-state index contributed by atoms with van der Waals surface area (Å²) in [5.41, 5.74) is 0.575. The van der Waals surface area contributed by atoms with Crippen molar-refractivity contribution in [3.05, 3.63) is 72.8 Å². The number of carbonyl (C=O) groups excluding carboxylic acids is 1. The van der Waals surface area contributed by atoms with Crippen molar-refractivity contribution < 1.29 is 27.0 Å². The van der Waals surface area contributed by atoms with Crippen LogP contribution in [0.1, 0.15) is 20.8 Å². The zero-order valence-corrected chi connectivity index (χ0v) is 19.4. The van der Waals surface area contributed by atoms with E-state index in [4.69, 9.17) is 4.74 Å². The summed E-state index contributed by atoms with van der Waals surface area (Å²) in [4.78, 5) is 12.6. The molecule has 0 heterocycles. The monoisotopic (exact) mass is 428 g/mol. The number of hydrogen-bond donors (Lipinski definition) is 0. The first-order chi connectivity index (χ1) is 13.4. The first kappa shape index (κ1) is 24.0. The van der Waals surface area contributed by atoms with Crippen molar-refractivity contribution in [2.45, 2.75) is 20.8 Å². The molecule has 0 atom stereocenters. The Kier molecular flexibility index (Phi) is 7.40. The average Bonchev–Trinajstić information content (AvgIpc) is 2.68. The molecule has 0 N–H and O–H groups in total. The molecule has 148 valence electrons. The first-order valence-electron chi connectivity index (χ1n) is 9.29. The minimum atomic E-state index is -0.651. The average molecular weight is 429 g/mol. The molecule has 4 rings (SSSR count). The van der Waals surface area contributed by atoms with Crippen molar-refractivity contribution in [3.63, 3.8) is 0 Å². The van der Waals surface area contributed by atoms with E-state index < -0.39 is 5.41 Å². The largest absolute Gasteiger partial charge is 2.00 e. The Balaban J connectivity index is 0.00000160. The van der Waals surface area contributed by atoms with Crippen LogP contribution in [0.4, 0.5) is 0 Å². The van der Waals surface area contributed by atoms with Crippen LogP contribution in [0.2, 0.25) is 0 Å². The van der Waals surface area contributed by atoms with Crippen molar-refractivity contribution in [1.82, 2.24) is 0 Å². The second kappa shape index (κ2) is 9.25. The van der Waals surface area contributed by atoms with Crippen molar-refractivity contribution in [2.75, 3.05) is 0 Å². The molecule has 0 saturated carbocycles. The van der Waals surface area contributed by atoms with E-state index in [0.717, 1.165) is 21.5 Å². The van der Waals surface area contributed by atoms with Crippen molar-refractivity contribution >= 4 is 50.6 Å². The molecule has 0 bridgehead atoms. The molecule has 4 aromatic rings. The van der Waals surface area contributed by atoms with Crippen molar-refractivity contribution in [1.29, 1.82) is 0 Å². The minimum Gasteiger partial charge on any atom is -1.00 e. The Morgan fingerprint density at radius 2 is 1.27 bits per heavy atom. The summed E-state index contributed by atoms with van der Waals surface area (Å²) in [6.07, 6.45) is 0. The minimum absolute atomic E-state index is 0. The fourth-order valence-corrected chi connectivity index (χ4v) is 3.36. The molecule has 0 radical (unpaired) electrons. The number of ether oxygens (including phenoxy) is 1. The second-order valence-electron chi connectivity index (χ2n) is 7.96. The van der Waals surface area contributed by atoms with Gasteiger partial charge in [-0.1, -0.05) is 66.7 Å². The molecule has 3 nitrogen and oxygen atoms in total. The van der Waals surface area contributed by atoms with Gasteiger partial charge in [-0.25, -0.2) is 0 Å². The Bertz CT molecular complexity index is 1210. The van der Waals surface area contributed by atoms with Crippen LogP contribution in [-0.2, 0) is 4.79 Å². The summed E-state index contributed by atoms with van der Waals surface area (Å²) in [6.45, 7) is 5.44. The number of rotatable bonds is 2. The second-order valence-corrected chi connectivity index (χ2v) is 7.96. The van der Waals surface area contributed by atoms with Gasteiger partial charge in [0.05, 0.1) is 5.41 Å². The molecule has 0 spiro atoms. The summed E-state index contributed by atoms with van der Waals surface area (Å²) >= 11 is 0. The van der Waals surface area contributed by atoms with Gasteiger partial charge in [-0.05, 0) is 53.9 Å². The van der Waals surface area contributed by atoms with Crippen LogP contribution in [0.5, 0.6) is 11.5 Å². The fourth-order valence-electron chi connectivity index (χ4n) is 3.36. The number of hydrogen-bond acceptors (Lipinski definition) is 3. The van der Waals surface area contributed by atoms with Crippen molar-refractivity contribution in [3.8, 4) is 22.6 Å². The normalized spacial score (nSPS) is 10.9. The molecule has 0 aliphatic carbocycles. The topological polar surface area (TPSA) is 49.4 Å². The van der Waals surface area contributed by atoms with Crippen LogP contribution in [-0.4, -0.2) is 29.0 Å². The number of carbonyl (C=O) groups is 1. The van der Waals surface area contributed by atoms with Gasteiger partial charge < -0.3 is 22.3 Å². The fraction of sp³-hybridized carbons (Fsp3) is 0.160.